The standard InChI is InChI=1S/C14H28N2O/c1-12(2)14(16-7-3-4-8-16)10-15-13-6-5-9-17-11-13/h12-15H,3-11H2,1-2H3. The van der Waals surface area contributed by atoms with Crippen LogP contribution in [0.3, 0.4) is 0 Å². The molecule has 0 bridgehead atoms. The highest BCUT2D eigenvalue weighted by atomic mass is 16.5. The van der Waals surface area contributed by atoms with Crippen molar-refractivity contribution >= 4 is 0 Å². The zero-order valence-electron chi connectivity index (χ0n) is 11.5. The van der Waals surface area contributed by atoms with E-state index in [9.17, 15) is 0 Å². The molecule has 3 heteroatoms. The number of likely N-dealkylation sites (tertiary alicyclic amines) is 1. The molecule has 0 amide bonds. The minimum Gasteiger partial charge on any atom is -0.380 e. The molecule has 0 aromatic rings. The van der Waals surface area contributed by atoms with Crippen molar-refractivity contribution < 1.29 is 4.74 Å². The summed E-state index contributed by atoms with van der Waals surface area (Å²) in [5.74, 6) is 0.741. The average Bonchev–Trinajstić information content (AvgIpc) is 2.84. The van der Waals surface area contributed by atoms with Gasteiger partial charge in [-0.3, -0.25) is 4.90 Å². The molecule has 2 atom stereocenters. The number of hydrogen-bond donors (Lipinski definition) is 1. The van der Waals surface area contributed by atoms with Gasteiger partial charge in [0, 0.05) is 25.2 Å². The normalized spacial score (nSPS) is 28.8. The highest BCUT2D eigenvalue weighted by molar-refractivity contribution is 4.82. The van der Waals surface area contributed by atoms with Crippen molar-refractivity contribution in [3.63, 3.8) is 0 Å². The van der Waals surface area contributed by atoms with Crippen LogP contribution in [0.25, 0.3) is 0 Å². The Kier molecular flexibility index (Phi) is 5.26. The van der Waals surface area contributed by atoms with Gasteiger partial charge in [0.2, 0.25) is 0 Å². The molecule has 2 heterocycles. The molecule has 2 unspecified atom stereocenters. The van der Waals surface area contributed by atoms with Gasteiger partial charge < -0.3 is 10.1 Å². The fraction of sp³-hybridized carbons (Fsp3) is 1.00. The van der Waals surface area contributed by atoms with Crippen LogP contribution in [0.1, 0.15) is 39.5 Å². The summed E-state index contributed by atoms with van der Waals surface area (Å²) in [6, 6.07) is 1.30. The van der Waals surface area contributed by atoms with Crippen molar-refractivity contribution in [1.82, 2.24) is 10.2 Å². The Labute approximate surface area is 106 Å². The first-order chi connectivity index (χ1) is 8.27. The van der Waals surface area contributed by atoms with Gasteiger partial charge in [0.25, 0.3) is 0 Å². The third-order valence-corrected chi connectivity index (χ3v) is 4.16. The molecule has 3 nitrogen and oxygen atoms in total. The molecule has 0 spiro atoms. The summed E-state index contributed by atoms with van der Waals surface area (Å²) in [6.45, 7) is 10.3. The SMILES string of the molecule is CC(C)C(CNC1CCCOC1)N1CCCC1. The molecule has 100 valence electrons. The van der Waals surface area contributed by atoms with E-state index in [2.05, 4.69) is 24.1 Å². The number of rotatable bonds is 5. The van der Waals surface area contributed by atoms with Gasteiger partial charge in [-0.2, -0.15) is 0 Å². The lowest BCUT2D eigenvalue weighted by Gasteiger charge is -2.33. The Morgan fingerprint density at radius 2 is 2.00 bits per heavy atom. The van der Waals surface area contributed by atoms with Crippen LogP contribution in [0, 0.1) is 5.92 Å². The van der Waals surface area contributed by atoms with Crippen LogP contribution in [0.2, 0.25) is 0 Å². The number of hydrogen-bond acceptors (Lipinski definition) is 3. The van der Waals surface area contributed by atoms with Gasteiger partial charge in [0.05, 0.1) is 6.61 Å². The second kappa shape index (κ2) is 6.72. The van der Waals surface area contributed by atoms with Crippen molar-refractivity contribution in [2.24, 2.45) is 5.92 Å². The topological polar surface area (TPSA) is 24.5 Å². The Hall–Kier alpha value is -0.120. The summed E-state index contributed by atoms with van der Waals surface area (Å²) in [4.78, 5) is 2.67. The maximum Gasteiger partial charge on any atom is 0.0619 e. The molecule has 0 aromatic heterocycles. The van der Waals surface area contributed by atoms with Crippen LogP contribution < -0.4 is 5.32 Å². The first-order valence-corrected chi connectivity index (χ1v) is 7.32. The summed E-state index contributed by atoms with van der Waals surface area (Å²) in [6.07, 6.45) is 5.27. The van der Waals surface area contributed by atoms with Gasteiger partial charge in [0.15, 0.2) is 0 Å². The Morgan fingerprint density at radius 1 is 1.24 bits per heavy atom. The van der Waals surface area contributed by atoms with Crippen LogP contribution in [0.5, 0.6) is 0 Å². The maximum absolute atomic E-state index is 5.52. The summed E-state index contributed by atoms with van der Waals surface area (Å²) in [5, 5.41) is 3.71. The predicted molar refractivity (Wildman–Crippen MR) is 71.3 cm³/mol. The van der Waals surface area contributed by atoms with E-state index in [0.29, 0.717) is 12.1 Å². The minimum absolute atomic E-state index is 0.590. The average molecular weight is 240 g/mol. The largest absolute Gasteiger partial charge is 0.380 e. The molecule has 2 aliphatic rings. The quantitative estimate of drug-likeness (QED) is 0.794. The van der Waals surface area contributed by atoms with E-state index in [4.69, 9.17) is 4.74 Å². The predicted octanol–water partition coefficient (Wildman–Crippen LogP) is 1.88. The van der Waals surface area contributed by atoms with E-state index in [1.54, 1.807) is 0 Å². The molecule has 0 radical (unpaired) electrons. The van der Waals surface area contributed by atoms with Crippen molar-refractivity contribution in [3.05, 3.63) is 0 Å². The van der Waals surface area contributed by atoms with Crippen LogP contribution in [-0.2, 0) is 4.74 Å². The summed E-state index contributed by atoms with van der Waals surface area (Å²) < 4.78 is 5.52. The fourth-order valence-corrected chi connectivity index (χ4v) is 3.05. The second-order valence-corrected chi connectivity index (χ2v) is 5.88. The van der Waals surface area contributed by atoms with Crippen molar-refractivity contribution in [3.8, 4) is 0 Å². The van der Waals surface area contributed by atoms with Crippen LogP contribution in [0.4, 0.5) is 0 Å². The minimum atomic E-state index is 0.590. The number of ether oxygens (including phenoxy) is 1. The molecule has 2 aliphatic heterocycles. The molecule has 2 fully saturated rings. The Bertz CT molecular complexity index is 208. The van der Waals surface area contributed by atoms with E-state index in [1.165, 1.54) is 38.8 Å². The van der Waals surface area contributed by atoms with Gasteiger partial charge in [-0.25, -0.2) is 0 Å². The Morgan fingerprint density at radius 3 is 2.59 bits per heavy atom. The van der Waals surface area contributed by atoms with Crippen molar-refractivity contribution in [1.29, 1.82) is 0 Å². The molecular formula is C14H28N2O. The summed E-state index contributed by atoms with van der Waals surface area (Å²) in [5.41, 5.74) is 0. The van der Waals surface area contributed by atoms with Crippen LogP contribution in [0.15, 0.2) is 0 Å². The van der Waals surface area contributed by atoms with Crippen molar-refractivity contribution in [2.75, 3.05) is 32.8 Å². The first kappa shape index (κ1) is 13.3. The molecule has 2 saturated heterocycles. The second-order valence-electron chi connectivity index (χ2n) is 5.88. The van der Waals surface area contributed by atoms with E-state index in [-0.39, 0.29) is 0 Å². The van der Waals surface area contributed by atoms with Gasteiger partial charge in [0.1, 0.15) is 0 Å². The molecule has 0 aromatic carbocycles. The highest BCUT2D eigenvalue weighted by Crippen LogP contribution is 2.17. The maximum atomic E-state index is 5.52. The lowest BCUT2D eigenvalue weighted by Crippen LogP contribution is -2.48. The zero-order valence-corrected chi connectivity index (χ0v) is 11.5. The third kappa shape index (κ3) is 3.94. The van der Waals surface area contributed by atoms with E-state index >= 15 is 0 Å². The summed E-state index contributed by atoms with van der Waals surface area (Å²) >= 11 is 0. The smallest absolute Gasteiger partial charge is 0.0619 e. The van der Waals surface area contributed by atoms with E-state index in [1.807, 2.05) is 0 Å². The number of nitrogens with one attached hydrogen (secondary N) is 1. The lowest BCUT2D eigenvalue weighted by atomic mass is 10.0. The number of nitrogens with zero attached hydrogens (tertiary/aromatic N) is 1. The lowest BCUT2D eigenvalue weighted by molar-refractivity contribution is 0.0654. The molecule has 1 N–H and O–H groups in total. The highest BCUT2D eigenvalue weighted by Gasteiger charge is 2.25. The van der Waals surface area contributed by atoms with E-state index < -0.39 is 0 Å². The summed E-state index contributed by atoms with van der Waals surface area (Å²) in [7, 11) is 0. The molecule has 0 aliphatic carbocycles. The van der Waals surface area contributed by atoms with Crippen LogP contribution >= 0.6 is 0 Å². The van der Waals surface area contributed by atoms with Gasteiger partial charge in [-0.1, -0.05) is 13.8 Å². The third-order valence-electron chi connectivity index (χ3n) is 4.16. The van der Waals surface area contributed by atoms with E-state index in [0.717, 1.165) is 25.7 Å². The zero-order chi connectivity index (χ0) is 12.1. The van der Waals surface area contributed by atoms with Gasteiger partial charge in [-0.05, 0) is 44.7 Å². The fourth-order valence-electron chi connectivity index (χ4n) is 3.05. The van der Waals surface area contributed by atoms with Gasteiger partial charge in [-0.15, -0.1) is 0 Å². The first-order valence-electron chi connectivity index (χ1n) is 7.32. The van der Waals surface area contributed by atoms with Gasteiger partial charge >= 0.3 is 0 Å². The molecular weight excluding hydrogens is 212 g/mol. The molecule has 0 saturated carbocycles. The monoisotopic (exact) mass is 240 g/mol. The Balaban J connectivity index is 1.76. The van der Waals surface area contributed by atoms with Crippen LogP contribution in [-0.4, -0.2) is 49.8 Å². The molecule has 2 rings (SSSR count). The molecule has 17 heavy (non-hydrogen) atoms. The van der Waals surface area contributed by atoms with Crippen molar-refractivity contribution in [2.45, 2.75) is 51.6 Å².